The molecule has 0 aliphatic carbocycles. The summed E-state index contributed by atoms with van der Waals surface area (Å²) in [6.45, 7) is 12.9. The number of amides is 6. The van der Waals surface area contributed by atoms with Gasteiger partial charge in [0.25, 0.3) is 0 Å². The Hall–Kier alpha value is -6.43. The van der Waals surface area contributed by atoms with Crippen molar-refractivity contribution in [2.45, 2.75) is 89.3 Å². The molecule has 5 aromatic rings. The number of β-amino-alcohol motifs (C(OH)–C–C–N with tert-alkyl or cyclic N) is 1. The number of carbonyl (C=O) groups is 5. The van der Waals surface area contributed by atoms with Gasteiger partial charge in [0.15, 0.2) is 0 Å². The van der Waals surface area contributed by atoms with E-state index in [2.05, 4.69) is 51.3 Å². The smallest absolute Gasteiger partial charge is 0.327 e. The van der Waals surface area contributed by atoms with E-state index in [1.807, 2.05) is 81.7 Å². The van der Waals surface area contributed by atoms with E-state index < -0.39 is 34.9 Å². The number of halogens is 2. The zero-order chi connectivity index (χ0) is 57.0. The number of ether oxygens (including phenoxy) is 2. The molecule has 6 N–H and O–H groups in total. The summed E-state index contributed by atoms with van der Waals surface area (Å²) in [4.78, 5) is 87.9. The molecular formula is C55H70Cl2N12O8S2. The summed E-state index contributed by atoms with van der Waals surface area (Å²) >= 11 is 16.1. The first-order valence-corrected chi connectivity index (χ1v) is 28.7. The third-order valence-electron chi connectivity index (χ3n) is 13.9. The highest BCUT2D eigenvalue weighted by molar-refractivity contribution is 8.00. The first kappa shape index (κ1) is 60.2. The number of methoxy groups -OCH3 is 2. The maximum Gasteiger partial charge on any atom is 0.327 e. The summed E-state index contributed by atoms with van der Waals surface area (Å²) in [7, 11) is 4.44. The molecule has 3 aromatic carbocycles. The Morgan fingerprint density at radius 2 is 1.59 bits per heavy atom. The van der Waals surface area contributed by atoms with E-state index in [1.165, 1.54) is 43.3 Å². The third-order valence-corrected chi connectivity index (χ3v) is 17.1. The highest BCUT2D eigenvalue weighted by Crippen LogP contribution is 2.44. The average Bonchev–Trinajstić information content (AvgIpc) is 4.06. The second-order valence-electron chi connectivity index (χ2n) is 20.0. The number of carbonyl (C=O) groups excluding carboxylic acids is 5. The first-order chi connectivity index (χ1) is 37.8. The van der Waals surface area contributed by atoms with Crippen molar-refractivity contribution in [1.82, 2.24) is 40.7 Å². The molecule has 4 atom stereocenters. The maximum atomic E-state index is 14.3. The second kappa shape index (κ2) is 27.6. The Morgan fingerprint density at radius 3 is 2.23 bits per heavy atom. The van der Waals surface area contributed by atoms with Crippen LogP contribution in [0, 0.1) is 6.92 Å². The quantitative estimate of drug-likeness (QED) is 0.0341. The van der Waals surface area contributed by atoms with Crippen LogP contribution in [0.25, 0.3) is 10.4 Å². The van der Waals surface area contributed by atoms with E-state index in [-0.39, 0.29) is 64.0 Å². The number of urea groups is 1. The van der Waals surface area contributed by atoms with Gasteiger partial charge in [-0.25, -0.2) is 19.7 Å². The number of nitrogens with zero attached hydrogens (tertiary/aromatic N) is 7. The van der Waals surface area contributed by atoms with Crippen LogP contribution in [-0.4, -0.2) is 155 Å². The number of piperazine rings is 1. The Kier molecular flexibility index (Phi) is 21.1. The van der Waals surface area contributed by atoms with Crippen LogP contribution in [-0.2, 0) is 19.2 Å². The monoisotopic (exact) mass is 1160 g/mol. The summed E-state index contributed by atoms with van der Waals surface area (Å²) < 4.78 is 9.87. The Bertz CT molecular complexity index is 2900. The van der Waals surface area contributed by atoms with Crippen molar-refractivity contribution in [3.8, 4) is 21.9 Å². The van der Waals surface area contributed by atoms with Gasteiger partial charge >= 0.3 is 6.03 Å². The number of likely N-dealkylation sites (tertiary alicyclic amines) is 1. The van der Waals surface area contributed by atoms with E-state index in [0.29, 0.717) is 30.5 Å². The van der Waals surface area contributed by atoms with Crippen LogP contribution < -0.4 is 45.9 Å². The molecule has 2 aliphatic rings. The molecule has 7 rings (SSSR count). The van der Waals surface area contributed by atoms with Gasteiger partial charge in [-0.1, -0.05) is 53.9 Å². The number of hydrogen-bond donors (Lipinski definition) is 6. The molecular weight excluding hydrogens is 1090 g/mol. The summed E-state index contributed by atoms with van der Waals surface area (Å²) in [5.41, 5.74) is 6.68. The normalized spacial score (nSPS) is 16.4. The van der Waals surface area contributed by atoms with Crippen molar-refractivity contribution in [3.63, 3.8) is 0 Å². The van der Waals surface area contributed by atoms with Crippen molar-refractivity contribution >= 4 is 105 Å². The summed E-state index contributed by atoms with van der Waals surface area (Å²) in [5, 5.41) is 25.9. The number of unbranched alkanes of at least 4 members (excludes halogenated alkanes) is 2. The topological polar surface area (TPSA) is 236 Å². The molecule has 6 amide bonds. The van der Waals surface area contributed by atoms with E-state index >= 15 is 0 Å². The number of thioether (sulfide) groups is 1. The lowest BCUT2D eigenvalue weighted by Crippen LogP contribution is -2.59. The highest BCUT2D eigenvalue weighted by atomic mass is 35.5. The fourth-order valence-corrected chi connectivity index (χ4v) is 12.0. The summed E-state index contributed by atoms with van der Waals surface area (Å²) in [6.07, 6.45) is 3.04. The maximum absolute atomic E-state index is 14.3. The Balaban J connectivity index is 0.796. The average molecular weight is 1160 g/mol. The van der Waals surface area contributed by atoms with Crippen LogP contribution in [0.15, 0.2) is 72.5 Å². The van der Waals surface area contributed by atoms with Gasteiger partial charge in [-0.05, 0) is 81.7 Å². The minimum atomic E-state index is -0.939. The molecule has 2 aliphatic heterocycles. The van der Waals surface area contributed by atoms with E-state index in [0.717, 1.165) is 78.5 Å². The van der Waals surface area contributed by atoms with Gasteiger partial charge in [0, 0.05) is 87.9 Å². The van der Waals surface area contributed by atoms with Crippen LogP contribution in [0.2, 0.25) is 10.0 Å². The predicted octanol–water partition coefficient (Wildman–Crippen LogP) is 7.91. The third kappa shape index (κ3) is 15.7. The number of benzene rings is 3. The van der Waals surface area contributed by atoms with Gasteiger partial charge in [0.1, 0.15) is 51.6 Å². The zero-order valence-corrected chi connectivity index (χ0v) is 48.9. The van der Waals surface area contributed by atoms with Crippen molar-refractivity contribution in [2.24, 2.45) is 0 Å². The van der Waals surface area contributed by atoms with Gasteiger partial charge in [0.05, 0.1) is 54.7 Å². The first-order valence-electron chi connectivity index (χ1n) is 26.0. The van der Waals surface area contributed by atoms with Crippen molar-refractivity contribution < 1.29 is 38.6 Å². The molecule has 2 aromatic heterocycles. The number of nitrogens with one attached hydrogen (secondary N) is 5. The van der Waals surface area contributed by atoms with E-state index in [1.54, 1.807) is 36.2 Å². The Morgan fingerprint density at radius 1 is 0.911 bits per heavy atom. The molecule has 424 valence electrons. The fraction of sp³-hybridized carbons (Fsp3) is 0.455. The summed E-state index contributed by atoms with van der Waals surface area (Å²) in [6, 6.07) is 16.3. The number of hydrogen-bond acceptors (Lipinski definition) is 16. The molecule has 2 fully saturated rings. The number of rotatable bonds is 23. The molecule has 2 saturated heterocycles. The van der Waals surface area contributed by atoms with Gasteiger partial charge in [-0.3, -0.25) is 29.0 Å². The van der Waals surface area contributed by atoms with Crippen LogP contribution in [0.4, 0.5) is 33.5 Å². The number of aliphatic hydroxyl groups is 1. The van der Waals surface area contributed by atoms with E-state index in [9.17, 15) is 29.1 Å². The number of thiazole rings is 1. The number of aryl methyl sites for hydroxylation is 1. The molecule has 4 unspecified atom stereocenters. The molecule has 0 spiro atoms. The fourth-order valence-electron chi connectivity index (χ4n) is 9.37. The zero-order valence-electron chi connectivity index (χ0n) is 45.7. The largest absolute Gasteiger partial charge is 0.495 e. The molecule has 0 saturated carbocycles. The van der Waals surface area contributed by atoms with Crippen LogP contribution in [0.3, 0.4) is 0 Å². The number of anilines is 5. The lowest BCUT2D eigenvalue weighted by Gasteiger charge is -2.37. The van der Waals surface area contributed by atoms with Gasteiger partial charge in [-0.2, -0.15) is 11.8 Å². The van der Waals surface area contributed by atoms with Crippen molar-refractivity contribution in [1.29, 1.82) is 0 Å². The van der Waals surface area contributed by atoms with Gasteiger partial charge in [0.2, 0.25) is 23.6 Å². The van der Waals surface area contributed by atoms with Gasteiger partial charge < -0.3 is 51.0 Å². The molecule has 79 heavy (non-hydrogen) atoms. The Labute approximate surface area is 479 Å². The molecule has 24 heteroatoms. The minimum Gasteiger partial charge on any atom is -0.495 e. The predicted molar refractivity (Wildman–Crippen MR) is 313 cm³/mol. The van der Waals surface area contributed by atoms with Gasteiger partial charge in [-0.15, -0.1) is 11.3 Å². The van der Waals surface area contributed by atoms with Crippen LogP contribution in [0.5, 0.6) is 11.5 Å². The van der Waals surface area contributed by atoms with Crippen LogP contribution >= 0.6 is 46.3 Å². The lowest BCUT2D eigenvalue weighted by atomic mass is 10.0. The molecule has 0 bridgehead atoms. The molecule has 0 radical (unpaired) electrons. The second-order valence-corrected chi connectivity index (χ2v) is 23.3. The summed E-state index contributed by atoms with van der Waals surface area (Å²) in [5.74, 6) is 0.884. The molecule has 20 nitrogen and oxygen atoms in total. The molecule has 4 heterocycles. The van der Waals surface area contributed by atoms with E-state index in [4.69, 9.17) is 32.7 Å². The highest BCUT2D eigenvalue weighted by Gasteiger charge is 2.46. The number of aliphatic hydroxyl groups excluding tert-OH is 1. The lowest BCUT2D eigenvalue weighted by molar-refractivity contribution is -0.142. The van der Waals surface area contributed by atoms with Crippen molar-refractivity contribution in [2.75, 3.05) is 93.3 Å². The minimum absolute atomic E-state index is 0.0134. The van der Waals surface area contributed by atoms with Crippen molar-refractivity contribution in [3.05, 3.63) is 93.8 Å². The van der Waals surface area contributed by atoms with Crippen LogP contribution in [0.1, 0.15) is 70.7 Å². The number of aromatic nitrogens is 3. The SMILES string of the molecule is COc1cc(OC)c(Cl)c(NC(=O)N(C)c2cc(Nc3ccc(N4CCN(CC(=O)NCCCCCSC(C)(C)C(NC(C)=O)C(=O)N5CC(O)CC5C(=O)NC(C)c5ccc(-c6scnc6C)cc5)CC4)cc3)ncn2)c1Cl. The standard InChI is InChI=1S/C55H70Cl2N12O8S2/c1-33(36-12-14-37(15-13-36)50-34(2)61-32-78-50)62-52(73)41-26-40(71)29-69(41)53(74)51(63-35(3)70)55(4,5)79-25-11-9-10-20-58-46(72)30-67-21-23-68(24-22-67)39-18-16-38(17-19-39)64-44-28-45(60-31-59-44)66(6)54(75)65-49-47(56)42(76-7)27-43(77-8)48(49)57/h12-19,27-28,31-33,40-41,51,71H,9-11,20-26,29-30H2,1-8H3,(H,58,72)(H,62,73)(H,63,70)(H,65,75)(H,59,60,64).